The van der Waals surface area contributed by atoms with Crippen molar-refractivity contribution in [1.29, 1.82) is 0 Å². The van der Waals surface area contributed by atoms with Crippen molar-refractivity contribution in [2.24, 2.45) is 0 Å². The molecule has 0 aromatic heterocycles. The molecule has 7 heavy (non-hydrogen) atoms. The Hall–Kier alpha value is -0.530. The van der Waals surface area contributed by atoms with Gasteiger partial charge in [0, 0.05) is 0 Å². The van der Waals surface area contributed by atoms with Crippen LogP contribution in [0.3, 0.4) is 0 Å². The van der Waals surface area contributed by atoms with Gasteiger partial charge in [-0.25, -0.2) is 0 Å². The highest BCUT2D eigenvalue weighted by Crippen LogP contribution is 2.39. The molecular weight excluding hydrogens is 104 g/mol. The highest BCUT2D eigenvalue weighted by Gasteiger charge is 2.34. The van der Waals surface area contributed by atoms with Crippen LogP contribution in [0.4, 0.5) is 0 Å². The maximum Gasteiger partial charge on any atom is 0.0896 e. The van der Waals surface area contributed by atoms with Crippen molar-refractivity contribution in [3.05, 3.63) is 0 Å². The van der Waals surface area contributed by atoms with E-state index in [0.29, 0.717) is 10.5 Å². The summed E-state index contributed by atoms with van der Waals surface area (Å²) < 4.78 is 0. The Morgan fingerprint density at radius 1 is 1.14 bits per heavy atom. The zero-order valence-corrected chi connectivity index (χ0v) is 4.53. The number of hydrogen-bond acceptors (Lipinski definition) is 1. The molecule has 0 saturated carbocycles. The molecule has 1 saturated heterocycles. The third-order valence-corrected chi connectivity index (χ3v) is 1.91. The van der Waals surface area contributed by atoms with E-state index in [0.717, 1.165) is 0 Å². The average molecular weight is 108 g/mol. The lowest BCUT2D eigenvalue weighted by Crippen LogP contribution is -1.82. The molecular formula is C6H4S. The van der Waals surface area contributed by atoms with Gasteiger partial charge in [-0.1, -0.05) is 11.8 Å². The van der Waals surface area contributed by atoms with Crippen molar-refractivity contribution >= 4 is 11.8 Å². The molecule has 2 atom stereocenters. The summed E-state index contributed by atoms with van der Waals surface area (Å²) in [5.41, 5.74) is 0. The van der Waals surface area contributed by atoms with Crippen LogP contribution < -0.4 is 0 Å². The van der Waals surface area contributed by atoms with Crippen LogP contribution in [0.1, 0.15) is 0 Å². The zero-order valence-electron chi connectivity index (χ0n) is 3.72. The van der Waals surface area contributed by atoms with Crippen LogP contribution in [-0.4, -0.2) is 10.5 Å². The summed E-state index contributed by atoms with van der Waals surface area (Å²) in [4.78, 5) is 0. The summed E-state index contributed by atoms with van der Waals surface area (Å²) >= 11 is 1.66. The van der Waals surface area contributed by atoms with Crippen LogP contribution in [0.2, 0.25) is 0 Å². The van der Waals surface area contributed by atoms with E-state index in [1.54, 1.807) is 11.8 Å². The Labute approximate surface area is 47.7 Å². The van der Waals surface area contributed by atoms with Gasteiger partial charge in [-0.3, -0.25) is 0 Å². The van der Waals surface area contributed by atoms with Gasteiger partial charge < -0.3 is 0 Å². The Bertz CT molecular complexity index is 129. The van der Waals surface area contributed by atoms with E-state index < -0.39 is 0 Å². The van der Waals surface area contributed by atoms with Crippen LogP contribution >= 0.6 is 11.8 Å². The lowest BCUT2D eigenvalue weighted by Gasteiger charge is -1.65. The van der Waals surface area contributed by atoms with Gasteiger partial charge in [-0.2, -0.15) is 0 Å². The van der Waals surface area contributed by atoms with Gasteiger partial charge in [-0.05, 0) is 0 Å². The summed E-state index contributed by atoms with van der Waals surface area (Å²) in [7, 11) is 0. The Balaban J connectivity index is 2.39. The standard InChI is InChI=1S/C6H4S/c1-3-5-6(4-2)7-5/h1-2,5-6H. The summed E-state index contributed by atoms with van der Waals surface area (Å²) in [6, 6.07) is 0. The summed E-state index contributed by atoms with van der Waals surface area (Å²) in [6.07, 6.45) is 10.1. The predicted octanol–water partition coefficient (Wildman–Crippen LogP) is 0.737. The predicted molar refractivity (Wildman–Crippen MR) is 32.8 cm³/mol. The summed E-state index contributed by atoms with van der Waals surface area (Å²) in [6.45, 7) is 0. The van der Waals surface area contributed by atoms with E-state index in [2.05, 4.69) is 11.8 Å². The van der Waals surface area contributed by atoms with Gasteiger partial charge >= 0.3 is 0 Å². The quantitative estimate of drug-likeness (QED) is 0.326. The van der Waals surface area contributed by atoms with Crippen LogP contribution in [-0.2, 0) is 0 Å². The molecule has 1 aliphatic heterocycles. The minimum atomic E-state index is 0.324. The van der Waals surface area contributed by atoms with Gasteiger partial charge in [-0.15, -0.1) is 24.6 Å². The minimum Gasteiger partial charge on any atom is -0.124 e. The molecule has 0 radical (unpaired) electrons. The molecule has 0 N–H and O–H groups in total. The molecule has 0 amide bonds. The molecule has 1 fully saturated rings. The number of thioether (sulfide) groups is 1. The lowest BCUT2D eigenvalue weighted by atomic mass is 10.3. The van der Waals surface area contributed by atoms with E-state index in [1.165, 1.54) is 0 Å². The maximum absolute atomic E-state index is 5.03. The zero-order chi connectivity index (χ0) is 5.28. The van der Waals surface area contributed by atoms with Crippen molar-refractivity contribution in [2.75, 3.05) is 0 Å². The fourth-order valence-electron chi connectivity index (χ4n) is 0.366. The first kappa shape index (κ1) is 4.62. The third kappa shape index (κ3) is 0.734. The summed E-state index contributed by atoms with van der Waals surface area (Å²) in [5.74, 6) is 5.12. The number of terminal acetylenes is 2. The number of hydrogen-bond donors (Lipinski definition) is 0. The molecule has 1 aliphatic rings. The summed E-state index contributed by atoms with van der Waals surface area (Å²) in [5, 5.41) is 0.648. The molecule has 0 aromatic rings. The molecule has 0 aliphatic carbocycles. The SMILES string of the molecule is C#CC1SC1C#C. The van der Waals surface area contributed by atoms with Gasteiger partial charge in [0.15, 0.2) is 0 Å². The Kier molecular flexibility index (Phi) is 1.01. The second-order valence-electron chi connectivity index (χ2n) is 1.31. The van der Waals surface area contributed by atoms with Crippen molar-refractivity contribution in [3.8, 4) is 24.7 Å². The maximum atomic E-state index is 5.03. The van der Waals surface area contributed by atoms with Gasteiger partial charge in [0.2, 0.25) is 0 Å². The normalized spacial score (nSPS) is 35.7. The van der Waals surface area contributed by atoms with Crippen LogP contribution in [0, 0.1) is 24.7 Å². The molecule has 1 rings (SSSR count). The van der Waals surface area contributed by atoms with Crippen molar-refractivity contribution in [3.63, 3.8) is 0 Å². The van der Waals surface area contributed by atoms with Crippen LogP contribution in [0.5, 0.6) is 0 Å². The monoisotopic (exact) mass is 108 g/mol. The van der Waals surface area contributed by atoms with E-state index in [-0.39, 0.29) is 0 Å². The molecule has 0 nitrogen and oxygen atoms in total. The van der Waals surface area contributed by atoms with Crippen LogP contribution in [0.25, 0.3) is 0 Å². The van der Waals surface area contributed by atoms with E-state index in [4.69, 9.17) is 12.8 Å². The fourth-order valence-corrected chi connectivity index (χ4v) is 0.905. The highest BCUT2D eigenvalue weighted by atomic mass is 32.2. The first-order chi connectivity index (χ1) is 3.38. The topological polar surface area (TPSA) is 0 Å². The molecule has 0 aromatic carbocycles. The van der Waals surface area contributed by atoms with Gasteiger partial charge in [0.25, 0.3) is 0 Å². The fraction of sp³-hybridized carbons (Fsp3) is 0.333. The first-order valence-electron chi connectivity index (χ1n) is 1.96. The second kappa shape index (κ2) is 1.52. The van der Waals surface area contributed by atoms with Gasteiger partial charge in [0.1, 0.15) is 0 Å². The molecule has 0 bridgehead atoms. The molecule has 1 heteroatoms. The van der Waals surface area contributed by atoms with Crippen molar-refractivity contribution in [2.45, 2.75) is 10.5 Å². The third-order valence-electron chi connectivity index (χ3n) is 0.820. The van der Waals surface area contributed by atoms with E-state index in [1.807, 2.05) is 0 Å². The van der Waals surface area contributed by atoms with E-state index >= 15 is 0 Å². The average Bonchev–Trinajstić information content (AvgIpc) is 2.43. The van der Waals surface area contributed by atoms with Crippen molar-refractivity contribution < 1.29 is 0 Å². The molecule has 1 heterocycles. The van der Waals surface area contributed by atoms with Crippen molar-refractivity contribution in [1.82, 2.24) is 0 Å². The molecule has 0 spiro atoms. The smallest absolute Gasteiger partial charge is 0.0896 e. The number of rotatable bonds is 0. The largest absolute Gasteiger partial charge is 0.124 e. The first-order valence-corrected chi connectivity index (χ1v) is 2.90. The highest BCUT2D eigenvalue weighted by molar-refractivity contribution is 8.08. The molecule has 34 valence electrons. The Morgan fingerprint density at radius 2 is 1.57 bits per heavy atom. The lowest BCUT2D eigenvalue weighted by molar-refractivity contribution is 1.32. The minimum absolute atomic E-state index is 0.324. The van der Waals surface area contributed by atoms with E-state index in [9.17, 15) is 0 Å². The van der Waals surface area contributed by atoms with Crippen LogP contribution in [0.15, 0.2) is 0 Å². The second-order valence-corrected chi connectivity index (χ2v) is 2.60. The Morgan fingerprint density at radius 3 is 1.71 bits per heavy atom. The van der Waals surface area contributed by atoms with Gasteiger partial charge in [0.05, 0.1) is 10.5 Å². The molecule has 2 unspecified atom stereocenters.